The summed E-state index contributed by atoms with van der Waals surface area (Å²) in [6.45, 7) is 16.8. The molecule has 1 fully saturated rings. The predicted octanol–water partition coefficient (Wildman–Crippen LogP) is 3.48. The predicted molar refractivity (Wildman–Crippen MR) is 72.9 cm³/mol. The molecule has 1 aliphatic heterocycles. The fraction of sp³-hybridized carbons (Fsp3) is 1.00. The van der Waals surface area contributed by atoms with Crippen molar-refractivity contribution in [2.75, 3.05) is 0 Å². The van der Waals surface area contributed by atoms with Crippen LogP contribution in [0.15, 0.2) is 0 Å². The molecule has 1 nitrogen and oxygen atoms in total. The molecular formula is C12H27BNSi. The van der Waals surface area contributed by atoms with Crippen LogP contribution in [-0.4, -0.2) is 30.8 Å². The van der Waals surface area contributed by atoms with Crippen molar-refractivity contribution in [1.82, 2.24) is 4.81 Å². The zero-order chi connectivity index (χ0) is 11.9. The highest BCUT2D eigenvalue weighted by Crippen LogP contribution is 2.37. The minimum atomic E-state index is -1.12. The van der Waals surface area contributed by atoms with E-state index in [2.05, 4.69) is 59.2 Å². The van der Waals surface area contributed by atoms with Crippen LogP contribution in [-0.2, 0) is 0 Å². The topological polar surface area (TPSA) is 3.24 Å². The molecule has 1 aliphatic rings. The summed E-state index contributed by atoms with van der Waals surface area (Å²) in [5.74, 6) is 0. The molecule has 0 aromatic carbocycles. The molecule has 1 saturated heterocycles. The second-order valence-corrected chi connectivity index (χ2v) is 12.3. The van der Waals surface area contributed by atoms with Crippen LogP contribution in [0.3, 0.4) is 0 Å². The number of rotatable bonds is 2. The van der Waals surface area contributed by atoms with Gasteiger partial charge in [-0.3, -0.25) is 0 Å². The molecule has 0 bridgehead atoms. The maximum Gasteiger partial charge on any atom is 0.198 e. The van der Waals surface area contributed by atoms with Crippen molar-refractivity contribution in [3.8, 4) is 0 Å². The first-order valence-corrected chi connectivity index (χ1v) is 9.78. The lowest BCUT2D eigenvalue weighted by Crippen LogP contribution is -2.64. The summed E-state index contributed by atoms with van der Waals surface area (Å²) in [7, 11) is 1.45. The second-order valence-electron chi connectivity index (χ2n) is 7.34. The number of hydrogen-bond acceptors (Lipinski definition) is 1. The number of piperidine rings is 1. The van der Waals surface area contributed by atoms with Gasteiger partial charge in [0.05, 0.1) is 0 Å². The quantitative estimate of drug-likeness (QED) is 0.649. The Kier molecular flexibility index (Phi) is 3.48. The molecule has 0 saturated carbocycles. The molecule has 15 heavy (non-hydrogen) atoms. The van der Waals surface area contributed by atoms with Crippen LogP contribution in [0.2, 0.25) is 19.6 Å². The number of hydrogen-bond donors (Lipinski definition) is 0. The largest absolute Gasteiger partial charge is 0.340 e. The van der Waals surface area contributed by atoms with Crippen molar-refractivity contribution in [1.29, 1.82) is 0 Å². The van der Waals surface area contributed by atoms with Crippen molar-refractivity contribution in [3.63, 3.8) is 0 Å². The van der Waals surface area contributed by atoms with E-state index in [1.54, 1.807) is 0 Å². The van der Waals surface area contributed by atoms with Gasteiger partial charge in [-0.1, -0.05) is 19.6 Å². The van der Waals surface area contributed by atoms with Gasteiger partial charge in [0.1, 0.15) is 0 Å². The van der Waals surface area contributed by atoms with Crippen molar-refractivity contribution < 1.29 is 0 Å². The van der Waals surface area contributed by atoms with E-state index in [0.29, 0.717) is 11.1 Å². The van der Waals surface area contributed by atoms with E-state index in [4.69, 9.17) is 0 Å². The van der Waals surface area contributed by atoms with Crippen LogP contribution < -0.4 is 0 Å². The molecule has 0 aliphatic carbocycles. The summed E-state index contributed by atoms with van der Waals surface area (Å²) in [5, 5.41) is 0. The monoisotopic (exact) mass is 224 g/mol. The van der Waals surface area contributed by atoms with E-state index in [0.717, 1.165) is 0 Å². The lowest BCUT2D eigenvalue weighted by Gasteiger charge is -2.55. The first-order valence-electron chi connectivity index (χ1n) is 6.20. The molecule has 0 atom stereocenters. The van der Waals surface area contributed by atoms with Gasteiger partial charge in [-0.2, -0.15) is 0 Å². The average Bonchev–Trinajstić information content (AvgIpc) is 1.95. The Morgan fingerprint density at radius 2 is 1.33 bits per heavy atom. The van der Waals surface area contributed by atoms with Crippen molar-refractivity contribution in [2.24, 2.45) is 0 Å². The molecular weight excluding hydrogens is 197 g/mol. The molecule has 1 heterocycles. The zero-order valence-electron chi connectivity index (χ0n) is 11.6. The summed E-state index contributed by atoms with van der Waals surface area (Å²) >= 11 is 0. The van der Waals surface area contributed by atoms with Gasteiger partial charge < -0.3 is 4.81 Å². The second kappa shape index (κ2) is 3.92. The molecule has 1 radical (unpaired) electrons. The summed E-state index contributed by atoms with van der Waals surface area (Å²) in [6, 6.07) is 0. The Hall–Kier alpha value is 0.242. The van der Waals surface area contributed by atoms with Gasteiger partial charge in [0.15, 0.2) is 7.01 Å². The highest BCUT2D eigenvalue weighted by atomic mass is 28.3. The SMILES string of the molecule is CC1(C)CCCC(C)(C)N1[B][Si](C)(C)C. The molecule has 3 heteroatoms. The fourth-order valence-corrected chi connectivity index (χ4v) is 4.22. The smallest absolute Gasteiger partial charge is 0.198 e. The molecule has 0 aromatic rings. The van der Waals surface area contributed by atoms with Crippen molar-refractivity contribution in [2.45, 2.75) is 77.7 Å². The molecule has 1 rings (SSSR count). The van der Waals surface area contributed by atoms with Crippen LogP contribution in [0.5, 0.6) is 0 Å². The minimum Gasteiger partial charge on any atom is -0.340 e. The Labute approximate surface area is 97.8 Å². The van der Waals surface area contributed by atoms with E-state index >= 15 is 0 Å². The van der Waals surface area contributed by atoms with Crippen molar-refractivity contribution >= 4 is 15.0 Å². The third-order valence-corrected chi connectivity index (χ3v) is 4.43. The van der Waals surface area contributed by atoms with Gasteiger partial charge in [-0.05, 0) is 47.0 Å². The molecule has 87 valence electrons. The fourth-order valence-electron chi connectivity index (χ4n) is 2.75. The first-order chi connectivity index (χ1) is 6.55. The maximum atomic E-state index is 2.66. The van der Waals surface area contributed by atoms with Gasteiger partial charge in [0.25, 0.3) is 0 Å². The van der Waals surface area contributed by atoms with E-state index < -0.39 is 7.94 Å². The first kappa shape index (κ1) is 13.3. The highest BCUT2D eigenvalue weighted by Gasteiger charge is 2.42. The summed E-state index contributed by atoms with van der Waals surface area (Å²) in [4.78, 5) is 2.66. The van der Waals surface area contributed by atoms with Gasteiger partial charge in [0, 0.05) is 19.0 Å². The molecule has 0 aromatic heterocycles. The maximum absolute atomic E-state index is 2.66. The Balaban J connectivity index is 2.87. The normalized spacial score (nSPS) is 26.3. The van der Waals surface area contributed by atoms with Gasteiger partial charge in [-0.25, -0.2) is 0 Å². The standard InChI is InChI=1S/C12H27BNSi/c1-11(2)9-8-10-12(3,4)14(11)13-15(5,6)7/h8-10H2,1-7H3. The Morgan fingerprint density at radius 1 is 0.933 bits per heavy atom. The van der Waals surface area contributed by atoms with Crippen LogP contribution in [0.1, 0.15) is 47.0 Å². The third kappa shape index (κ3) is 3.35. The van der Waals surface area contributed by atoms with Gasteiger partial charge >= 0.3 is 0 Å². The number of nitrogens with zero attached hydrogens (tertiary/aromatic N) is 1. The van der Waals surface area contributed by atoms with Crippen molar-refractivity contribution in [3.05, 3.63) is 0 Å². The molecule has 0 amide bonds. The third-order valence-electron chi connectivity index (χ3n) is 3.40. The molecule has 0 unspecified atom stereocenters. The summed E-state index contributed by atoms with van der Waals surface area (Å²) < 4.78 is 0. The summed E-state index contributed by atoms with van der Waals surface area (Å²) in [6.07, 6.45) is 4.03. The van der Waals surface area contributed by atoms with Gasteiger partial charge in [0.2, 0.25) is 0 Å². The lowest BCUT2D eigenvalue weighted by atomic mass is 9.77. The van der Waals surface area contributed by atoms with E-state index in [1.165, 1.54) is 19.3 Å². The minimum absolute atomic E-state index is 0.349. The summed E-state index contributed by atoms with van der Waals surface area (Å²) in [5.41, 5.74) is 0.698. The van der Waals surface area contributed by atoms with Crippen LogP contribution in [0, 0.1) is 0 Å². The zero-order valence-corrected chi connectivity index (χ0v) is 12.6. The van der Waals surface area contributed by atoms with E-state index in [1.807, 2.05) is 0 Å². The Morgan fingerprint density at radius 3 is 1.67 bits per heavy atom. The van der Waals surface area contributed by atoms with E-state index in [-0.39, 0.29) is 0 Å². The molecule has 0 N–H and O–H groups in total. The Bertz CT molecular complexity index is 214. The van der Waals surface area contributed by atoms with Crippen LogP contribution >= 0.6 is 0 Å². The molecule has 0 spiro atoms. The van der Waals surface area contributed by atoms with Crippen LogP contribution in [0.4, 0.5) is 0 Å². The highest BCUT2D eigenvalue weighted by molar-refractivity contribution is 7.22. The average molecular weight is 224 g/mol. The van der Waals surface area contributed by atoms with Gasteiger partial charge in [-0.15, -0.1) is 0 Å². The van der Waals surface area contributed by atoms with Crippen LogP contribution in [0.25, 0.3) is 0 Å². The lowest BCUT2D eigenvalue weighted by molar-refractivity contribution is 0.0556. The van der Waals surface area contributed by atoms with E-state index in [9.17, 15) is 0 Å².